The molecule has 0 amide bonds. The minimum Gasteiger partial charge on any atom is -0.0882 e. The number of rotatable bonds is 4. The first-order valence-electron chi connectivity index (χ1n) is 4.54. The van der Waals surface area contributed by atoms with Crippen LogP contribution in [0.5, 0.6) is 0 Å². The smallest absolute Gasteiger partial charge is 0.00913 e. The Bertz CT molecular complexity index is 221. The van der Waals surface area contributed by atoms with Crippen molar-refractivity contribution in [2.75, 3.05) is 0 Å². The van der Waals surface area contributed by atoms with Crippen molar-refractivity contribution in [1.29, 1.82) is 0 Å². The molecule has 0 heteroatoms. The summed E-state index contributed by atoms with van der Waals surface area (Å²) in [6, 6.07) is 11.3. The average Bonchev–Trinajstić information content (AvgIpc) is 2.14. The monoisotopic (exact) mass is 159 g/mol. The summed E-state index contributed by atoms with van der Waals surface area (Å²) >= 11 is 0. The minimum absolute atomic E-state index is 1.01. The first-order chi connectivity index (χ1) is 5.93. The molecule has 63 valence electrons. The summed E-state index contributed by atoms with van der Waals surface area (Å²) in [5, 5.41) is 0. The van der Waals surface area contributed by atoms with Gasteiger partial charge in [0.1, 0.15) is 0 Å². The summed E-state index contributed by atoms with van der Waals surface area (Å²) in [6.07, 6.45) is 7.89. The summed E-state index contributed by atoms with van der Waals surface area (Å²) in [4.78, 5) is 0. The Kier molecular flexibility index (Phi) is 4.22. The second-order valence-corrected chi connectivity index (χ2v) is 2.85. The summed E-state index contributed by atoms with van der Waals surface area (Å²) < 4.78 is 0. The maximum Gasteiger partial charge on any atom is -0.00913 e. The fourth-order valence-corrected chi connectivity index (χ4v) is 1.05. The Morgan fingerprint density at radius 3 is 2.92 bits per heavy atom. The largest absolute Gasteiger partial charge is 0.0882 e. The van der Waals surface area contributed by atoms with Gasteiger partial charge in [-0.25, -0.2) is 0 Å². The van der Waals surface area contributed by atoms with E-state index >= 15 is 0 Å². The van der Waals surface area contributed by atoms with Gasteiger partial charge in [-0.15, -0.1) is 0 Å². The van der Waals surface area contributed by atoms with Gasteiger partial charge in [0.15, 0.2) is 0 Å². The van der Waals surface area contributed by atoms with E-state index in [1.165, 1.54) is 18.4 Å². The van der Waals surface area contributed by atoms with Crippen molar-refractivity contribution < 1.29 is 0 Å². The zero-order valence-corrected chi connectivity index (χ0v) is 7.59. The standard InChI is InChI=1S/C12H15/c1-2-3-4-6-9-12-10-7-5-8-11-12/h4-8,10H,2-3,9H2,1H3. The van der Waals surface area contributed by atoms with Crippen LogP contribution < -0.4 is 0 Å². The van der Waals surface area contributed by atoms with E-state index in [-0.39, 0.29) is 0 Å². The van der Waals surface area contributed by atoms with Gasteiger partial charge in [0.25, 0.3) is 0 Å². The highest BCUT2D eigenvalue weighted by Gasteiger charge is 1.85. The highest BCUT2D eigenvalue weighted by Crippen LogP contribution is 2.00. The van der Waals surface area contributed by atoms with Crippen LogP contribution in [-0.2, 0) is 6.42 Å². The van der Waals surface area contributed by atoms with E-state index in [1.54, 1.807) is 0 Å². The topological polar surface area (TPSA) is 0 Å². The third kappa shape index (κ3) is 3.38. The minimum atomic E-state index is 1.01. The maximum atomic E-state index is 3.19. The Hall–Kier alpha value is -1.04. The van der Waals surface area contributed by atoms with Crippen LogP contribution in [0.4, 0.5) is 0 Å². The molecule has 0 fully saturated rings. The lowest BCUT2D eigenvalue weighted by atomic mass is 10.1. The van der Waals surface area contributed by atoms with Crippen LogP contribution in [0.15, 0.2) is 36.4 Å². The van der Waals surface area contributed by atoms with Crippen LogP contribution in [0.3, 0.4) is 0 Å². The molecule has 1 rings (SSSR count). The van der Waals surface area contributed by atoms with Gasteiger partial charge in [-0.1, -0.05) is 49.8 Å². The molecular formula is C12H15. The van der Waals surface area contributed by atoms with Crippen molar-refractivity contribution in [2.24, 2.45) is 0 Å². The number of hydrogen-bond donors (Lipinski definition) is 0. The van der Waals surface area contributed by atoms with E-state index in [9.17, 15) is 0 Å². The van der Waals surface area contributed by atoms with Crippen LogP contribution >= 0.6 is 0 Å². The zero-order chi connectivity index (χ0) is 8.65. The molecule has 0 N–H and O–H groups in total. The summed E-state index contributed by atoms with van der Waals surface area (Å²) in [5.74, 6) is 0. The molecule has 0 heterocycles. The molecule has 0 unspecified atom stereocenters. The van der Waals surface area contributed by atoms with Gasteiger partial charge in [-0.05, 0) is 24.5 Å². The first-order valence-corrected chi connectivity index (χ1v) is 4.54. The molecule has 1 radical (unpaired) electrons. The quantitative estimate of drug-likeness (QED) is 0.591. The molecule has 0 saturated carbocycles. The molecular weight excluding hydrogens is 144 g/mol. The van der Waals surface area contributed by atoms with Gasteiger partial charge in [0, 0.05) is 0 Å². The Labute approximate surface area is 74.9 Å². The second kappa shape index (κ2) is 5.59. The van der Waals surface area contributed by atoms with E-state index in [4.69, 9.17) is 0 Å². The highest BCUT2D eigenvalue weighted by molar-refractivity contribution is 5.15. The molecule has 0 saturated heterocycles. The zero-order valence-electron chi connectivity index (χ0n) is 7.59. The predicted octanol–water partition coefficient (Wildman–Crippen LogP) is 3.39. The number of hydrogen-bond acceptors (Lipinski definition) is 0. The Morgan fingerprint density at radius 2 is 2.25 bits per heavy atom. The lowest BCUT2D eigenvalue weighted by Crippen LogP contribution is -1.78. The van der Waals surface area contributed by atoms with E-state index < -0.39 is 0 Å². The molecule has 0 atom stereocenters. The molecule has 0 aromatic heterocycles. The van der Waals surface area contributed by atoms with Crippen LogP contribution in [0.25, 0.3) is 0 Å². The molecule has 0 spiro atoms. The molecule has 1 aromatic carbocycles. The van der Waals surface area contributed by atoms with Crippen molar-refractivity contribution in [3.8, 4) is 0 Å². The molecule has 0 bridgehead atoms. The van der Waals surface area contributed by atoms with E-state index in [0.717, 1.165) is 6.42 Å². The Balaban J connectivity index is 2.33. The third-order valence-corrected chi connectivity index (χ3v) is 1.73. The van der Waals surface area contributed by atoms with Gasteiger partial charge in [-0.2, -0.15) is 0 Å². The van der Waals surface area contributed by atoms with Crippen molar-refractivity contribution in [3.63, 3.8) is 0 Å². The normalized spacial score (nSPS) is 10.8. The van der Waals surface area contributed by atoms with Crippen molar-refractivity contribution >= 4 is 0 Å². The van der Waals surface area contributed by atoms with Crippen LogP contribution in [-0.4, -0.2) is 0 Å². The van der Waals surface area contributed by atoms with Gasteiger partial charge >= 0.3 is 0 Å². The van der Waals surface area contributed by atoms with Crippen LogP contribution in [0, 0.1) is 6.07 Å². The molecule has 0 nitrogen and oxygen atoms in total. The lowest BCUT2D eigenvalue weighted by Gasteiger charge is -1.92. The first kappa shape index (κ1) is 9.05. The highest BCUT2D eigenvalue weighted by atomic mass is 13.9. The SMILES string of the molecule is CCCC=CCc1[c]cccc1. The predicted molar refractivity (Wildman–Crippen MR) is 53.0 cm³/mol. The molecule has 0 aliphatic rings. The number of unbranched alkanes of at least 4 members (excludes halogenated alkanes) is 1. The van der Waals surface area contributed by atoms with Gasteiger partial charge in [0.05, 0.1) is 0 Å². The van der Waals surface area contributed by atoms with Crippen LogP contribution in [0.1, 0.15) is 25.3 Å². The van der Waals surface area contributed by atoms with E-state index in [2.05, 4.69) is 37.3 Å². The van der Waals surface area contributed by atoms with Gasteiger partial charge in [0.2, 0.25) is 0 Å². The molecule has 1 aromatic rings. The second-order valence-electron chi connectivity index (χ2n) is 2.85. The third-order valence-electron chi connectivity index (χ3n) is 1.73. The molecule has 0 aliphatic carbocycles. The number of allylic oxidation sites excluding steroid dienone is 2. The van der Waals surface area contributed by atoms with E-state index in [1.807, 2.05) is 12.1 Å². The lowest BCUT2D eigenvalue weighted by molar-refractivity contribution is 0.953. The summed E-state index contributed by atoms with van der Waals surface area (Å²) in [5.41, 5.74) is 1.27. The summed E-state index contributed by atoms with van der Waals surface area (Å²) in [6.45, 7) is 2.19. The van der Waals surface area contributed by atoms with Gasteiger partial charge in [-0.3, -0.25) is 0 Å². The van der Waals surface area contributed by atoms with Crippen molar-refractivity contribution in [2.45, 2.75) is 26.2 Å². The fraction of sp³-hybridized carbons (Fsp3) is 0.333. The van der Waals surface area contributed by atoms with E-state index in [0.29, 0.717) is 0 Å². The van der Waals surface area contributed by atoms with Crippen molar-refractivity contribution in [3.05, 3.63) is 48.0 Å². The average molecular weight is 159 g/mol. The van der Waals surface area contributed by atoms with Gasteiger partial charge < -0.3 is 0 Å². The number of benzene rings is 1. The van der Waals surface area contributed by atoms with Crippen LogP contribution in [0.2, 0.25) is 0 Å². The summed E-state index contributed by atoms with van der Waals surface area (Å²) in [7, 11) is 0. The molecule has 0 aliphatic heterocycles. The van der Waals surface area contributed by atoms with Crippen molar-refractivity contribution in [1.82, 2.24) is 0 Å². The Morgan fingerprint density at radius 1 is 1.33 bits per heavy atom. The molecule has 12 heavy (non-hydrogen) atoms. The maximum absolute atomic E-state index is 3.19. The fourth-order valence-electron chi connectivity index (χ4n) is 1.05.